The second-order valence-electron chi connectivity index (χ2n) is 6.80. The van der Waals surface area contributed by atoms with Gasteiger partial charge in [-0.1, -0.05) is 11.6 Å². The number of ether oxygens (including phenoxy) is 2. The first-order valence-corrected chi connectivity index (χ1v) is 9.64. The third kappa shape index (κ3) is 4.71. The van der Waals surface area contributed by atoms with Crippen LogP contribution >= 0.6 is 11.6 Å². The molecule has 154 valence electrons. The standard InChI is InChI=1S/C20H22ClN3O5/c1-4-28-19-8-13-7-11(2)29-18(13)10-17(19)22-12(3)20(25)23-16-9-14(24(26)27)5-6-15(16)21/h5-6,8-12,22H,4,7H2,1-3H3,(H,23,25)/t11-,12+/m0/s1. The Morgan fingerprint density at radius 1 is 1.38 bits per heavy atom. The number of non-ortho nitro benzene ring substituents is 1. The first-order valence-electron chi connectivity index (χ1n) is 9.26. The normalized spacial score (nSPS) is 15.8. The first-order chi connectivity index (χ1) is 13.8. The van der Waals surface area contributed by atoms with Crippen molar-refractivity contribution in [1.29, 1.82) is 0 Å². The summed E-state index contributed by atoms with van der Waals surface area (Å²) in [5, 5.41) is 16.9. The molecule has 2 aromatic carbocycles. The average molecular weight is 420 g/mol. The van der Waals surface area contributed by atoms with Crippen LogP contribution in [0.4, 0.5) is 17.1 Å². The number of anilines is 2. The number of carbonyl (C=O) groups is 1. The van der Waals surface area contributed by atoms with Crippen molar-refractivity contribution >= 4 is 34.6 Å². The van der Waals surface area contributed by atoms with E-state index in [0.29, 0.717) is 18.0 Å². The minimum Gasteiger partial charge on any atom is -0.492 e. The molecule has 2 aromatic rings. The van der Waals surface area contributed by atoms with E-state index in [1.165, 1.54) is 18.2 Å². The fraction of sp³-hybridized carbons (Fsp3) is 0.350. The van der Waals surface area contributed by atoms with E-state index in [0.717, 1.165) is 17.7 Å². The molecule has 9 heteroatoms. The maximum absolute atomic E-state index is 12.6. The molecule has 1 heterocycles. The molecule has 0 radical (unpaired) electrons. The second kappa shape index (κ2) is 8.57. The van der Waals surface area contributed by atoms with Crippen LogP contribution in [0.1, 0.15) is 26.3 Å². The highest BCUT2D eigenvalue weighted by Gasteiger charge is 2.24. The second-order valence-corrected chi connectivity index (χ2v) is 7.21. The van der Waals surface area contributed by atoms with Crippen LogP contribution in [0.25, 0.3) is 0 Å². The van der Waals surface area contributed by atoms with Gasteiger partial charge in [0.05, 0.1) is 27.9 Å². The molecular formula is C20H22ClN3O5. The van der Waals surface area contributed by atoms with Crippen LogP contribution in [-0.4, -0.2) is 29.6 Å². The summed E-state index contributed by atoms with van der Waals surface area (Å²) in [6.45, 7) is 6.03. The predicted octanol–water partition coefficient (Wildman–Crippen LogP) is 4.41. The Labute approximate surface area is 173 Å². The molecule has 0 bridgehead atoms. The van der Waals surface area contributed by atoms with Gasteiger partial charge in [0.15, 0.2) is 0 Å². The van der Waals surface area contributed by atoms with E-state index in [4.69, 9.17) is 21.1 Å². The number of nitro groups is 1. The molecule has 1 aliphatic heterocycles. The maximum Gasteiger partial charge on any atom is 0.271 e. The number of halogens is 1. The van der Waals surface area contributed by atoms with Gasteiger partial charge < -0.3 is 20.1 Å². The summed E-state index contributed by atoms with van der Waals surface area (Å²) in [4.78, 5) is 23.0. The summed E-state index contributed by atoms with van der Waals surface area (Å²) >= 11 is 6.06. The molecule has 2 N–H and O–H groups in total. The van der Waals surface area contributed by atoms with Crippen LogP contribution in [0.3, 0.4) is 0 Å². The van der Waals surface area contributed by atoms with Crippen molar-refractivity contribution in [1.82, 2.24) is 0 Å². The molecule has 0 spiro atoms. The van der Waals surface area contributed by atoms with Gasteiger partial charge in [-0.2, -0.15) is 0 Å². The SMILES string of the molecule is CCOc1cc2c(cc1N[C@H](C)C(=O)Nc1cc([N+](=O)[O-])ccc1Cl)O[C@@H](C)C2. The van der Waals surface area contributed by atoms with Gasteiger partial charge >= 0.3 is 0 Å². The van der Waals surface area contributed by atoms with Gasteiger partial charge in [-0.05, 0) is 32.9 Å². The highest BCUT2D eigenvalue weighted by Crippen LogP contribution is 2.38. The van der Waals surface area contributed by atoms with Gasteiger partial charge in [-0.3, -0.25) is 14.9 Å². The minimum atomic E-state index is -0.665. The Morgan fingerprint density at radius 2 is 2.14 bits per heavy atom. The molecule has 3 rings (SSSR count). The molecule has 0 aliphatic carbocycles. The number of fused-ring (bicyclic) bond motifs is 1. The van der Waals surface area contributed by atoms with Crippen LogP contribution < -0.4 is 20.1 Å². The summed E-state index contributed by atoms with van der Waals surface area (Å²) in [7, 11) is 0. The summed E-state index contributed by atoms with van der Waals surface area (Å²) in [6.07, 6.45) is 0.892. The van der Waals surface area contributed by atoms with Crippen LogP contribution in [0, 0.1) is 10.1 Å². The Kier molecular flexibility index (Phi) is 6.12. The van der Waals surface area contributed by atoms with Gasteiger partial charge in [0.2, 0.25) is 5.91 Å². The number of nitrogens with one attached hydrogen (secondary N) is 2. The fourth-order valence-electron chi connectivity index (χ4n) is 3.09. The lowest BCUT2D eigenvalue weighted by molar-refractivity contribution is -0.384. The van der Waals surface area contributed by atoms with E-state index < -0.39 is 16.9 Å². The van der Waals surface area contributed by atoms with Crippen LogP contribution in [0.15, 0.2) is 30.3 Å². The highest BCUT2D eigenvalue weighted by atomic mass is 35.5. The zero-order valence-corrected chi connectivity index (χ0v) is 17.1. The molecule has 0 unspecified atom stereocenters. The summed E-state index contributed by atoms with van der Waals surface area (Å²) in [5.74, 6) is 0.999. The molecule has 29 heavy (non-hydrogen) atoms. The zero-order chi connectivity index (χ0) is 21.1. The molecule has 8 nitrogen and oxygen atoms in total. The molecule has 1 amide bonds. The number of rotatable bonds is 7. The topological polar surface area (TPSA) is 103 Å². The fourth-order valence-corrected chi connectivity index (χ4v) is 3.25. The van der Waals surface area contributed by atoms with E-state index in [2.05, 4.69) is 10.6 Å². The summed E-state index contributed by atoms with van der Waals surface area (Å²) in [5.41, 5.74) is 1.71. The number of nitro benzene ring substituents is 1. The van der Waals surface area contributed by atoms with E-state index in [1.807, 2.05) is 26.0 Å². The lowest BCUT2D eigenvalue weighted by atomic mass is 10.1. The molecule has 0 saturated heterocycles. The number of hydrogen-bond acceptors (Lipinski definition) is 6. The van der Waals surface area contributed by atoms with E-state index >= 15 is 0 Å². The predicted molar refractivity (Wildman–Crippen MR) is 111 cm³/mol. The smallest absolute Gasteiger partial charge is 0.271 e. The largest absolute Gasteiger partial charge is 0.492 e. The third-order valence-electron chi connectivity index (χ3n) is 4.48. The number of amides is 1. The van der Waals surface area contributed by atoms with Crippen molar-refractivity contribution in [3.05, 3.63) is 51.0 Å². The van der Waals surface area contributed by atoms with Crippen molar-refractivity contribution in [2.75, 3.05) is 17.2 Å². The van der Waals surface area contributed by atoms with Crippen molar-refractivity contribution in [2.24, 2.45) is 0 Å². The van der Waals surface area contributed by atoms with Gasteiger partial charge in [0.25, 0.3) is 5.69 Å². The van der Waals surface area contributed by atoms with Crippen molar-refractivity contribution in [3.63, 3.8) is 0 Å². The van der Waals surface area contributed by atoms with Gasteiger partial charge in [0.1, 0.15) is 23.6 Å². The van der Waals surface area contributed by atoms with E-state index in [-0.39, 0.29) is 22.5 Å². The number of carbonyl (C=O) groups excluding carboxylic acids is 1. The monoisotopic (exact) mass is 419 g/mol. The lowest BCUT2D eigenvalue weighted by Crippen LogP contribution is -2.32. The average Bonchev–Trinajstić information content (AvgIpc) is 3.02. The Bertz CT molecular complexity index is 950. The van der Waals surface area contributed by atoms with E-state index in [1.54, 1.807) is 6.92 Å². The van der Waals surface area contributed by atoms with E-state index in [9.17, 15) is 14.9 Å². The van der Waals surface area contributed by atoms with Crippen LogP contribution in [0.5, 0.6) is 11.5 Å². The van der Waals surface area contributed by atoms with Crippen LogP contribution in [0.2, 0.25) is 5.02 Å². The molecule has 2 atom stereocenters. The Hall–Kier alpha value is -3.00. The Morgan fingerprint density at radius 3 is 2.83 bits per heavy atom. The zero-order valence-electron chi connectivity index (χ0n) is 16.3. The third-order valence-corrected chi connectivity index (χ3v) is 4.81. The van der Waals surface area contributed by atoms with Crippen molar-refractivity contribution in [3.8, 4) is 11.5 Å². The molecule has 0 saturated carbocycles. The quantitative estimate of drug-likeness (QED) is 0.509. The van der Waals surface area contributed by atoms with Gasteiger partial charge in [-0.25, -0.2) is 0 Å². The lowest BCUT2D eigenvalue weighted by Gasteiger charge is -2.19. The molecule has 0 aromatic heterocycles. The number of benzene rings is 2. The summed E-state index contributed by atoms with van der Waals surface area (Å²) in [6, 6.07) is 6.96. The van der Waals surface area contributed by atoms with Crippen molar-refractivity contribution < 1.29 is 19.2 Å². The molecule has 1 aliphatic rings. The first kappa shape index (κ1) is 20.7. The Balaban J connectivity index is 1.77. The van der Waals surface area contributed by atoms with Gasteiger partial charge in [0, 0.05) is 30.2 Å². The summed E-state index contributed by atoms with van der Waals surface area (Å²) < 4.78 is 11.5. The molecule has 0 fully saturated rings. The van der Waals surface area contributed by atoms with Crippen LogP contribution in [-0.2, 0) is 11.2 Å². The van der Waals surface area contributed by atoms with Gasteiger partial charge in [-0.15, -0.1) is 0 Å². The minimum absolute atomic E-state index is 0.0893. The number of hydrogen-bond donors (Lipinski definition) is 2. The van der Waals surface area contributed by atoms with Crippen molar-refractivity contribution in [2.45, 2.75) is 39.3 Å². The number of nitrogens with zero attached hydrogens (tertiary/aromatic N) is 1. The maximum atomic E-state index is 12.6. The molecular weight excluding hydrogens is 398 g/mol. The highest BCUT2D eigenvalue weighted by molar-refractivity contribution is 6.33.